The average Bonchev–Trinajstić information content (AvgIpc) is 2.59. The summed E-state index contributed by atoms with van der Waals surface area (Å²) >= 11 is 0. The van der Waals surface area contributed by atoms with E-state index < -0.39 is 0 Å². The minimum Gasteiger partial charge on any atom is -0.396 e. The van der Waals surface area contributed by atoms with E-state index in [1.807, 2.05) is 29.2 Å². The number of piperidine rings is 1. The van der Waals surface area contributed by atoms with Gasteiger partial charge in [0.25, 0.3) is 5.91 Å². The van der Waals surface area contributed by atoms with Crippen LogP contribution in [0.2, 0.25) is 0 Å². The lowest BCUT2D eigenvalue weighted by Gasteiger charge is -2.31. The summed E-state index contributed by atoms with van der Waals surface area (Å²) < 4.78 is 0. The molecule has 0 atom stereocenters. The molecule has 0 bridgehead atoms. The van der Waals surface area contributed by atoms with Crippen molar-refractivity contribution < 1.29 is 9.90 Å². The van der Waals surface area contributed by atoms with E-state index in [1.54, 1.807) is 0 Å². The van der Waals surface area contributed by atoms with Gasteiger partial charge < -0.3 is 15.3 Å². The molecule has 122 valence electrons. The van der Waals surface area contributed by atoms with E-state index in [0.717, 1.165) is 50.0 Å². The van der Waals surface area contributed by atoms with E-state index in [-0.39, 0.29) is 12.5 Å². The smallest absolute Gasteiger partial charge is 0.253 e. The van der Waals surface area contributed by atoms with Crippen molar-refractivity contribution >= 4 is 11.6 Å². The number of anilines is 1. The number of nitrogens with one attached hydrogen (secondary N) is 1. The molecule has 2 N–H and O–H groups in total. The first-order valence-electron chi connectivity index (χ1n) is 8.44. The van der Waals surface area contributed by atoms with Gasteiger partial charge in [-0.1, -0.05) is 19.9 Å². The average molecular weight is 304 g/mol. The Kier molecular flexibility index (Phi) is 6.25. The number of likely N-dealkylation sites (tertiary alicyclic amines) is 1. The molecule has 1 aromatic rings. The summed E-state index contributed by atoms with van der Waals surface area (Å²) in [5, 5.41) is 12.7. The Morgan fingerprint density at radius 3 is 2.59 bits per heavy atom. The zero-order valence-corrected chi connectivity index (χ0v) is 13.7. The molecule has 0 aromatic heterocycles. The monoisotopic (exact) mass is 304 g/mol. The van der Waals surface area contributed by atoms with Crippen LogP contribution < -0.4 is 5.32 Å². The van der Waals surface area contributed by atoms with Crippen molar-refractivity contribution in [3.8, 4) is 0 Å². The Morgan fingerprint density at radius 1 is 1.32 bits per heavy atom. The van der Waals surface area contributed by atoms with Crippen LogP contribution in [0.5, 0.6) is 0 Å². The normalized spacial score (nSPS) is 16.1. The van der Waals surface area contributed by atoms with Crippen LogP contribution in [0, 0.1) is 5.92 Å². The second kappa shape index (κ2) is 8.18. The van der Waals surface area contributed by atoms with Gasteiger partial charge in [-0.2, -0.15) is 0 Å². The Hall–Kier alpha value is -1.55. The van der Waals surface area contributed by atoms with Crippen LogP contribution >= 0.6 is 0 Å². The SMILES string of the molecule is CCC(CC)Nc1cccc(C(=O)N2CCC(CO)CC2)c1. The third-order valence-electron chi connectivity index (χ3n) is 4.63. The van der Waals surface area contributed by atoms with E-state index >= 15 is 0 Å². The van der Waals surface area contributed by atoms with Crippen molar-refractivity contribution in [2.24, 2.45) is 5.92 Å². The van der Waals surface area contributed by atoms with Gasteiger partial charge in [-0.05, 0) is 49.8 Å². The van der Waals surface area contributed by atoms with Gasteiger partial charge in [0.1, 0.15) is 0 Å². The molecule has 0 aliphatic carbocycles. The summed E-state index contributed by atoms with van der Waals surface area (Å²) in [4.78, 5) is 14.5. The standard InChI is InChI=1S/C18H28N2O2/c1-3-16(4-2)19-17-7-5-6-15(12-17)18(22)20-10-8-14(13-21)9-11-20/h5-7,12,14,16,19,21H,3-4,8-11,13H2,1-2H3. The Bertz CT molecular complexity index is 478. The number of rotatable bonds is 6. The molecule has 0 spiro atoms. The number of hydrogen-bond acceptors (Lipinski definition) is 3. The van der Waals surface area contributed by atoms with Gasteiger partial charge in [-0.25, -0.2) is 0 Å². The van der Waals surface area contributed by atoms with E-state index in [1.165, 1.54) is 0 Å². The largest absolute Gasteiger partial charge is 0.396 e. The second-order valence-corrected chi connectivity index (χ2v) is 6.16. The fourth-order valence-electron chi connectivity index (χ4n) is 2.97. The lowest BCUT2D eigenvalue weighted by Crippen LogP contribution is -2.39. The van der Waals surface area contributed by atoms with Crippen molar-refractivity contribution in [1.82, 2.24) is 4.90 Å². The number of benzene rings is 1. The Balaban J connectivity index is 2.01. The highest BCUT2D eigenvalue weighted by atomic mass is 16.3. The zero-order valence-electron chi connectivity index (χ0n) is 13.7. The molecule has 1 heterocycles. The van der Waals surface area contributed by atoms with Crippen LogP contribution in [-0.2, 0) is 0 Å². The highest BCUT2D eigenvalue weighted by Gasteiger charge is 2.23. The van der Waals surface area contributed by atoms with Crippen LogP contribution in [0.15, 0.2) is 24.3 Å². The molecule has 22 heavy (non-hydrogen) atoms. The van der Waals surface area contributed by atoms with Crippen LogP contribution in [0.3, 0.4) is 0 Å². The van der Waals surface area contributed by atoms with Crippen molar-refractivity contribution in [2.75, 3.05) is 25.0 Å². The van der Waals surface area contributed by atoms with Crippen molar-refractivity contribution in [2.45, 2.75) is 45.6 Å². The Labute approximate surface area is 133 Å². The number of nitrogens with zero attached hydrogens (tertiary/aromatic N) is 1. The first-order chi connectivity index (χ1) is 10.7. The molecule has 0 unspecified atom stereocenters. The second-order valence-electron chi connectivity index (χ2n) is 6.16. The fourth-order valence-corrected chi connectivity index (χ4v) is 2.97. The predicted molar refractivity (Wildman–Crippen MR) is 90.1 cm³/mol. The maximum atomic E-state index is 12.6. The maximum Gasteiger partial charge on any atom is 0.253 e. The third-order valence-corrected chi connectivity index (χ3v) is 4.63. The summed E-state index contributed by atoms with van der Waals surface area (Å²) in [6.45, 7) is 6.06. The van der Waals surface area contributed by atoms with E-state index in [9.17, 15) is 9.90 Å². The van der Waals surface area contributed by atoms with Crippen LogP contribution in [0.1, 0.15) is 49.9 Å². The predicted octanol–water partition coefficient (Wildman–Crippen LogP) is 3.13. The highest BCUT2D eigenvalue weighted by Crippen LogP contribution is 2.20. The van der Waals surface area contributed by atoms with Gasteiger partial charge >= 0.3 is 0 Å². The van der Waals surface area contributed by atoms with Gasteiger partial charge in [-0.15, -0.1) is 0 Å². The molecular formula is C18H28N2O2. The maximum absolute atomic E-state index is 12.6. The molecule has 1 aliphatic rings. The topological polar surface area (TPSA) is 52.6 Å². The molecule has 4 nitrogen and oxygen atoms in total. The third kappa shape index (κ3) is 4.23. The molecule has 1 amide bonds. The summed E-state index contributed by atoms with van der Waals surface area (Å²) in [6.07, 6.45) is 3.94. The number of aliphatic hydroxyl groups is 1. The number of amides is 1. The van der Waals surface area contributed by atoms with Crippen molar-refractivity contribution in [1.29, 1.82) is 0 Å². The fraction of sp³-hybridized carbons (Fsp3) is 0.611. The highest BCUT2D eigenvalue weighted by molar-refractivity contribution is 5.95. The number of carbonyl (C=O) groups is 1. The minimum atomic E-state index is 0.101. The van der Waals surface area contributed by atoms with Gasteiger partial charge in [0, 0.05) is 37.0 Å². The molecule has 4 heteroatoms. The minimum absolute atomic E-state index is 0.101. The molecule has 0 radical (unpaired) electrons. The lowest BCUT2D eigenvalue weighted by molar-refractivity contribution is 0.0651. The van der Waals surface area contributed by atoms with E-state index in [2.05, 4.69) is 19.2 Å². The van der Waals surface area contributed by atoms with Crippen LogP contribution in [0.4, 0.5) is 5.69 Å². The summed E-state index contributed by atoms with van der Waals surface area (Å²) in [6, 6.07) is 8.26. The molecule has 1 fully saturated rings. The summed E-state index contributed by atoms with van der Waals surface area (Å²) in [5.41, 5.74) is 1.77. The van der Waals surface area contributed by atoms with Crippen molar-refractivity contribution in [3.05, 3.63) is 29.8 Å². The number of aliphatic hydroxyl groups excluding tert-OH is 1. The first kappa shape index (κ1) is 16.8. The molecular weight excluding hydrogens is 276 g/mol. The first-order valence-corrected chi connectivity index (χ1v) is 8.44. The van der Waals surface area contributed by atoms with Gasteiger partial charge in [0.05, 0.1) is 0 Å². The molecule has 1 saturated heterocycles. The number of carbonyl (C=O) groups excluding carboxylic acids is 1. The quantitative estimate of drug-likeness (QED) is 0.849. The van der Waals surface area contributed by atoms with Gasteiger partial charge in [0.15, 0.2) is 0 Å². The van der Waals surface area contributed by atoms with Crippen LogP contribution in [0.25, 0.3) is 0 Å². The molecule has 0 saturated carbocycles. The zero-order chi connectivity index (χ0) is 15.9. The van der Waals surface area contributed by atoms with Gasteiger partial charge in [0.2, 0.25) is 0 Å². The van der Waals surface area contributed by atoms with E-state index in [0.29, 0.717) is 12.0 Å². The van der Waals surface area contributed by atoms with Crippen molar-refractivity contribution in [3.63, 3.8) is 0 Å². The lowest BCUT2D eigenvalue weighted by atomic mass is 9.97. The van der Waals surface area contributed by atoms with Gasteiger partial charge in [-0.3, -0.25) is 4.79 Å². The molecule has 1 aromatic carbocycles. The number of hydrogen-bond donors (Lipinski definition) is 2. The summed E-state index contributed by atoms with van der Waals surface area (Å²) in [5.74, 6) is 0.455. The molecule has 2 rings (SSSR count). The molecule has 1 aliphatic heterocycles. The summed E-state index contributed by atoms with van der Waals surface area (Å²) in [7, 11) is 0. The van der Waals surface area contributed by atoms with Crippen LogP contribution in [-0.4, -0.2) is 41.7 Å². The Morgan fingerprint density at radius 2 is 2.00 bits per heavy atom. The van der Waals surface area contributed by atoms with E-state index in [4.69, 9.17) is 0 Å².